The minimum Gasteiger partial charge on any atom is -0.507 e. The van der Waals surface area contributed by atoms with Crippen LogP contribution in [0.2, 0.25) is 0 Å². The molecule has 0 amide bonds. The van der Waals surface area contributed by atoms with Gasteiger partial charge in [-0.2, -0.15) is 0 Å². The molecule has 1 aliphatic carbocycles. The molecule has 2 aromatic carbocycles. The number of benzene rings is 2. The third-order valence-corrected chi connectivity index (χ3v) is 6.94. The van der Waals surface area contributed by atoms with E-state index in [1.807, 2.05) is 0 Å². The number of hydrogen-bond donors (Lipinski definition) is 5. The van der Waals surface area contributed by atoms with E-state index in [4.69, 9.17) is 4.42 Å². The van der Waals surface area contributed by atoms with Crippen LogP contribution in [0.4, 0.5) is 0 Å². The molecule has 3 aromatic rings. The molecular weight excluding hydrogens is 412 g/mol. The smallest absolute Gasteiger partial charge is 0.197 e. The van der Waals surface area contributed by atoms with E-state index in [0.29, 0.717) is 12.0 Å². The molecule has 7 nitrogen and oxygen atoms in total. The Labute approximate surface area is 185 Å². The largest absolute Gasteiger partial charge is 0.507 e. The van der Waals surface area contributed by atoms with Gasteiger partial charge in [0, 0.05) is 23.3 Å². The Morgan fingerprint density at radius 1 is 0.969 bits per heavy atom. The molecule has 1 aromatic heterocycles. The molecule has 0 saturated heterocycles. The molecule has 0 radical (unpaired) electrons. The van der Waals surface area contributed by atoms with Crippen molar-refractivity contribution in [1.29, 1.82) is 0 Å². The number of aliphatic hydroxyl groups is 1. The Bertz CT molecular complexity index is 1240. The molecule has 0 unspecified atom stereocenters. The highest BCUT2D eigenvalue weighted by atomic mass is 16.3. The fourth-order valence-corrected chi connectivity index (χ4v) is 5.14. The molecule has 0 aliphatic heterocycles. The van der Waals surface area contributed by atoms with E-state index in [0.717, 1.165) is 12.8 Å². The number of aromatic hydroxyl groups is 4. The van der Waals surface area contributed by atoms with Crippen molar-refractivity contribution in [2.45, 2.75) is 52.1 Å². The van der Waals surface area contributed by atoms with E-state index in [1.54, 1.807) is 6.92 Å². The highest BCUT2D eigenvalue weighted by Crippen LogP contribution is 2.50. The minimum absolute atomic E-state index is 0.00604. The van der Waals surface area contributed by atoms with Crippen LogP contribution >= 0.6 is 0 Å². The molecule has 4 rings (SSSR count). The Hall–Kier alpha value is -3.19. The first-order valence-corrected chi connectivity index (χ1v) is 10.7. The van der Waals surface area contributed by atoms with Crippen molar-refractivity contribution in [1.82, 2.24) is 0 Å². The Morgan fingerprint density at radius 3 is 2.34 bits per heavy atom. The van der Waals surface area contributed by atoms with Gasteiger partial charge in [0.05, 0.1) is 5.60 Å². The molecule has 0 spiro atoms. The summed E-state index contributed by atoms with van der Waals surface area (Å²) in [5, 5.41) is 51.9. The van der Waals surface area contributed by atoms with E-state index >= 15 is 0 Å². The van der Waals surface area contributed by atoms with Gasteiger partial charge in [-0.1, -0.05) is 20.3 Å². The molecule has 1 fully saturated rings. The summed E-state index contributed by atoms with van der Waals surface area (Å²) in [4.78, 5) is 12.9. The van der Waals surface area contributed by atoms with Crippen LogP contribution in [0.25, 0.3) is 22.3 Å². The summed E-state index contributed by atoms with van der Waals surface area (Å²) in [5.74, 6) is -1.37. The predicted molar refractivity (Wildman–Crippen MR) is 120 cm³/mol. The fraction of sp³-hybridized carbons (Fsp3) is 0.400. The number of fused-ring (bicyclic) bond motifs is 1. The molecule has 1 saturated carbocycles. The van der Waals surface area contributed by atoms with Crippen LogP contribution in [0.5, 0.6) is 23.0 Å². The summed E-state index contributed by atoms with van der Waals surface area (Å²) < 4.78 is 5.75. The van der Waals surface area contributed by atoms with E-state index in [1.165, 1.54) is 30.3 Å². The lowest BCUT2D eigenvalue weighted by molar-refractivity contribution is -0.0885. The molecule has 32 heavy (non-hydrogen) atoms. The zero-order chi connectivity index (χ0) is 23.4. The summed E-state index contributed by atoms with van der Waals surface area (Å²) in [6, 6.07) is 6.47. The molecular formula is C25H28O7. The van der Waals surface area contributed by atoms with Crippen molar-refractivity contribution in [2.75, 3.05) is 0 Å². The normalized spacial score (nSPS) is 22.8. The first kappa shape index (κ1) is 22.0. The van der Waals surface area contributed by atoms with E-state index < -0.39 is 11.0 Å². The van der Waals surface area contributed by atoms with Gasteiger partial charge < -0.3 is 29.9 Å². The molecule has 170 valence electrons. The van der Waals surface area contributed by atoms with Crippen molar-refractivity contribution in [2.24, 2.45) is 11.3 Å². The van der Waals surface area contributed by atoms with Crippen LogP contribution in [0.3, 0.4) is 0 Å². The maximum Gasteiger partial charge on any atom is 0.197 e. The molecule has 2 atom stereocenters. The average Bonchev–Trinajstić information content (AvgIpc) is 2.67. The highest BCUT2D eigenvalue weighted by Gasteiger charge is 2.46. The summed E-state index contributed by atoms with van der Waals surface area (Å²) >= 11 is 0. The van der Waals surface area contributed by atoms with Gasteiger partial charge in [0.25, 0.3) is 0 Å². The molecule has 7 heteroatoms. The summed E-state index contributed by atoms with van der Waals surface area (Å²) in [6.07, 6.45) is 2.64. The fourth-order valence-electron chi connectivity index (χ4n) is 5.14. The lowest BCUT2D eigenvalue weighted by atomic mass is 9.60. The second-order valence-corrected chi connectivity index (χ2v) is 9.73. The van der Waals surface area contributed by atoms with Crippen LogP contribution in [0.15, 0.2) is 39.5 Å². The Morgan fingerprint density at radius 2 is 1.69 bits per heavy atom. The van der Waals surface area contributed by atoms with Gasteiger partial charge in [-0.3, -0.25) is 4.79 Å². The van der Waals surface area contributed by atoms with Crippen LogP contribution in [0.1, 0.15) is 45.6 Å². The van der Waals surface area contributed by atoms with Crippen LogP contribution in [-0.2, 0) is 6.42 Å². The van der Waals surface area contributed by atoms with E-state index in [-0.39, 0.29) is 63.0 Å². The summed E-state index contributed by atoms with van der Waals surface area (Å²) in [7, 11) is 0. The zero-order valence-corrected chi connectivity index (χ0v) is 18.3. The van der Waals surface area contributed by atoms with E-state index in [2.05, 4.69) is 13.8 Å². The standard InChI is InChI=1S/C25H28O7/c1-24(2)7-4-8-25(3,31)21(24)10-14-16(27)11-20-22(23(14)30)18(29)12-19(32-20)13-5-6-15(26)17(28)9-13/h5-6,9,11-12,21,26-28,30-31H,4,7-8,10H2,1-3H3/t21-,25-/m0/s1. The van der Waals surface area contributed by atoms with Crippen LogP contribution in [0, 0.1) is 11.3 Å². The second kappa shape index (κ2) is 7.45. The van der Waals surface area contributed by atoms with Crippen molar-refractivity contribution >= 4 is 11.0 Å². The summed E-state index contributed by atoms with van der Waals surface area (Å²) in [6.45, 7) is 5.91. The number of phenols is 4. The molecule has 1 aliphatic rings. The second-order valence-electron chi connectivity index (χ2n) is 9.73. The van der Waals surface area contributed by atoms with Gasteiger partial charge in [0.2, 0.25) is 0 Å². The summed E-state index contributed by atoms with van der Waals surface area (Å²) in [5.41, 5.74) is -1.14. The number of hydrogen-bond acceptors (Lipinski definition) is 7. The lowest BCUT2D eigenvalue weighted by Crippen LogP contribution is -2.48. The van der Waals surface area contributed by atoms with Gasteiger partial charge in [-0.25, -0.2) is 0 Å². The highest BCUT2D eigenvalue weighted by molar-refractivity contribution is 5.88. The van der Waals surface area contributed by atoms with E-state index in [9.17, 15) is 30.3 Å². The number of rotatable bonds is 3. The molecule has 0 bridgehead atoms. The van der Waals surface area contributed by atoms with Crippen molar-refractivity contribution in [3.05, 3.63) is 46.1 Å². The number of phenolic OH excluding ortho intramolecular Hbond substituents is 4. The third kappa shape index (κ3) is 3.66. The Balaban J connectivity index is 1.82. The average molecular weight is 440 g/mol. The van der Waals surface area contributed by atoms with Crippen LogP contribution < -0.4 is 5.43 Å². The van der Waals surface area contributed by atoms with Crippen LogP contribution in [-0.4, -0.2) is 31.1 Å². The Kier molecular flexibility index (Phi) is 5.12. The van der Waals surface area contributed by atoms with Gasteiger partial charge >= 0.3 is 0 Å². The van der Waals surface area contributed by atoms with Gasteiger partial charge in [-0.05, 0) is 55.7 Å². The third-order valence-electron chi connectivity index (χ3n) is 6.94. The molecule has 5 N–H and O–H groups in total. The zero-order valence-electron chi connectivity index (χ0n) is 18.3. The predicted octanol–water partition coefficient (Wildman–Crippen LogP) is 4.40. The maximum atomic E-state index is 12.9. The van der Waals surface area contributed by atoms with Crippen molar-refractivity contribution in [3.63, 3.8) is 0 Å². The van der Waals surface area contributed by atoms with Gasteiger partial charge in [0.15, 0.2) is 16.9 Å². The molecule has 1 heterocycles. The monoisotopic (exact) mass is 440 g/mol. The maximum absolute atomic E-state index is 12.9. The van der Waals surface area contributed by atoms with Crippen molar-refractivity contribution in [3.8, 4) is 34.3 Å². The lowest BCUT2D eigenvalue weighted by Gasteiger charge is -2.48. The SMILES string of the molecule is CC1(C)CCC[C@](C)(O)[C@H]1Cc1c(O)cc2oc(-c3ccc(O)c(O)c3)cc(=O)c2c1O. The minimum atomic E-state index is -0.967. The van der Waals surface area contributed by atoms with Gasteiger partial charge in [0.1, 0.15) is 28.2 Å². The first-order valence-electron chi connectivity index (χ1n) is 10.7. The van der Waals surface area contributed by atoms with Crippen molar-refractivity contribution < 1.29 is 29.9 Å². The first-order chi connectivity index (χ1) is 14.9. The van der Waals surface area contributed by atoms with Gasteiger partial charge in [-0.15, -0.1) is 0 Å². The quantitative estimate of drug-likeness (QED) is 0.381. The topological polar surface area (TPSA) is 131 Å².